The van der Waals surface area contributed by atoms with Gasteiger partial charge in [-0.05, 0) is 25.7 Å². The third-order valence-corrected chi connectivity index (χ3v) is 4.89. The van der Waals surface area contributed by atoms with E-state index in [0.29, 0.717) is 6.54 Å². The van der Waals surface area contributed by atoms with Crippen LogP contribution in [0.25, 0.3) is 0 Å². The summed E-state index contributed by atoms with van der Waals surface area (Å²) in [6, 6.07) is 0. The second-order valence-electron chi connectivity index (χ2n) is 4.13. The van der Waals surface area contributed by atoms with E-state index in [2.05, 4.69) is 4.72 Å². The van der Waals surface area contributed by atoms with E-state index in [1.165, 1.54) is 0 Å². The highest BCUT2D eigenvalue weighted by atomic mass is 35.5. The van der Waals surface area contributed by atoms with Gasteiger partial charge in [-0.2, -0.15) is 0 Å². The third-order valence-electron chi connectivity index (χ3n) is 3.00. The molecule has 0 spiro atoms. The van der Waals surface area contributed by atoms with Crippen molar-refractivity contribution in [2.75, 3.05) is 6.54 Å². The van der Waals surface area contributed by atoms with E-state index in [0.717, 1.165) is 25.7 Å². The summed E-state index contributed by atoms with van der Waals surface area (Å²) in [5, 5.41) is -0.152. The molecule has 4 nitrogen and oxygen atoms in total. The van der Waals surface area contributed by atoms with Crippen LogP contribution in [0.5, 0.6) is 0 Å². The van der Waals surface area contributed by atoms with Crippen molar-refractivity contribution in [1.82, 2.24) is 4.72 Å². The molecule has 1 rings (SSSR count). The monoisotopic (exact) mass is 256 g/mol. The standard InChI is InChI=1S/C9H20N2O2S.ClH/c1-3-9(10,4-2)7-11-14(12,13)8-5-6-8;/h8,11H,3-7,10H2,1-2H3;1H. The van der Waals surface area contributed by atoms with Crippen LogP contribution in [-0.2, 0) is 10.0 Å². The highest BCUT2D eigenvalue weighted by Gasteiger charge is 2.36. The van der Waals surface area contributed by atoms with Crippen molar-refractivity contribution in [3.05, 3.63) is 0 Å². The summed E-state index contributed by atoms with van der Waals surface area (Å²) in [4.78, 5) is 0. The minimum Gasteiger partial charge on any atom is -0.324 e. The third kappa shape index (κ3) is 4.26. The fourth-order valence-corrected chi connectivity index (χ4v) is 2.72. The molecule has 0 aliphatic heterocycles. The molecule has 0 saturated heterocycles. The van der Waals surface area contributed by atoms with Crippen LogP contribution in [0, 0.1) is 0 Å². The molecular weight excluding hydrogens is 236 g/mol. The normalized spacial score (nSPS) is 17.3. The van der Waals surface area contributed by atoms with Gasteiger partial charge < -0.3 is 5.73 Å². The molecule has 0 atom stereocenters. The molecule has 1 aliphatic rings. The molecule has 6 heteroatoms. The molecule has 0 bridgehead atoms. The Balaban J connectivity index is 0.00000196. The van der Waals surface area contributed by atoms with Crippen molar-refractivity contribution in [3.8, 4) is 0 Å². The molecule has 3 N–H and O–H groups in total. The fraction of sp³-hybridized carbons (Fsp3) is 1.00. The smallest absolute Gasteiger partial charge is 0.214 e. The van der Waals surface area contributed by atoms with E-state index in [9.17, 15) is 8.42 Å². The van der Waals surface area contributed by atoms with Gasteiger partial charge in [0.05, 0.1) is 5.25 Å². The van der Waals surface area contributed by atoms with Gasteiger partial charge in [0.2, 0.25) is 10.0 Å². The van der Waals surface area contributed by atoms with Gasteiger partial charge in [-0.3, -0.25) is 0 Å². The van der Waals surface area contributed by atoms with Crippen LogP contribution in [0.3, 0.4) is 0 Å². The zero-order chi connectivity index (χ0) is 10.8. The molecule has 1 saturated carbocycles. The van der Waals surface area contributed by atoms with Gasteiger partial charge in [-0.15, -0.1) is 12.4 Å². The quantitative estimate of drug-likeness (QED) is 0.745. The van der Waals surface area contributed by atoms with E-state index in [-0.39, 0.29) is 23.2 Å². The number of hydrogen-bond donors (Lipinski definition) is 2. The lowest BCUT2D eigenvalue weighted by molar-refractivity contribution is 0.391. The van der Waals surface area contributed by atoms with Crippen LogP contribution in [0.1, 0.15) is 39.5 Å². The van der Waals surface area contributed by atoms with E-state index in [4.69, 9.17) is 5.73 Å². The Labute approximate surface area is 98.5 Å². The number of sulfonamides is 1. The van der Waals surface area contributed by atoms with Gasteiger partial charge in [0.15, 0.2) is 0 Å². The molecule has 0 aromatic rings. The van der Waals surface area contributed by atoms with Crippen LogP contribution in [0.4, 0.5) is 0 Å². The number of rotatable bonds is 6. The van der Waals surface area contributed by atoms with E-state index < -0.39 is 10.0 Å². The fourth-order valence-electron chi connectivity index (χ4n) is 1.24. The van der Waals surface area contributed by atoms with Gasteiger partial charge in [0.25, 0.3) is 0 Å². The topological polar surface area (TPSA) is 72.2 Å². The number of nitrogens with one attached hydrogen (secondary N) is 1. The van der Waals surface area contributed by atoms with Crippen molar-refractivity contribution in [2.45, 2.75) is 50.3 Å². The lowest BCUT2D eigenvalue weighted by atomic mass is 9.95. The highest BCUT2D eigenvalue weighted by Crippen LogP contribution is 2.27. The van der Waals surface area contributed by atoms with Crippen LogP contribution < -0.4 is 10.5 Å². The van der Waals surface area contributed by atoms with Gasteiger partial charge in [0, 0.05) is 12.1 Å². The summed E-state index contributed by atoms with van der Waals surface area (Å²) in [6.45, 7) is 4.32. The Morgan fingerprint density at radius 1 is 1.33 bits per heavy atom. The molecule has 0 unspecified atom stereocenters. The van der Waals surface area contributed by atoms with Crippen molar-refractivity contribution >= 4 is 22.4 Å². The first-order valence-corrected chi connectivity index (χ1v) is 6.75. The van der Waals surface area contributed by atoms with Crippen molar-refractivity contribution in [1.29, 1.82) is 0 Å². The zero-order valence-corrected chi connectivity index (χ0v) is 11.0. The largest absolute Gasteiger partial charge is 0.324 e. The Hall–Kier alpha value is 0.160. The molecule has 0 aromatic carbocycles. The van der Waals surface area contributed by atoms with Crippen molar-refractivity contribution in [2.24, 2.45) is 5.73 Å². The summed E-state index contributed by atoms with van der Waals surface area (Å²) < 4.78 is 25.6. The highest BCUT2D eigenvalue weighted by molar-refractivity contribution is 7.90. The van der Waals surface area contributed by atoms with Crippen molar-refractivity contribution < 1.29 is 8.42 Å². The van der Waals surface area contributed by atoms with Crippen LogP contribution in [-0.4, -0.2) is 25.8 Å². The molecule has 0 amide bonds. The molecule has 15 heavy (non-hydrogen) atoms. The zero-order valence-electron chi connectivity index (χ0n) is 9.32. The van der Waals surface area contributed by atoms with Gasteiger partial charge >= 0.3 is 0 Å². The van der Waals surface area contributed by atoms with E-state index in [1.54, 1.807) is 0 Å². The molecule has 0 heterocycles. The number of nitrogens with two attached hydrogens (primary N) is 1. The van der Waals surface area contributed by atoms with E-state index in [1.807, 2.05) is 13.8 Å². The Bertz CT molecular complexity index is 284. The summed E-state index contributed by atoms with van der Waals surface area (Å²) in [5.41, 5.74) is 5.61. The van der Waals surface area contributed by atoms with Gasteiger partial charge in [-0.1, -0.05) is 13.8 Å². The SMILES string of the molecule is CCC(N)(CC)CNS(=O)(=O)C1CC1.Cl. The Morgan fingerprint density at radius 3 is 2.13 bits per heavy atom. The Kier molecular flexibility index (Phi) is 5.54. The summed E-state index contributed by atoms with van der Waals surface area (Å²) in [6.07, 6.45) is 3.17. The number of halogens is 1. The average Bonchev–Trinajstić information content (AvgIpc) is 2.98. The molecule has 0 radical (unpaired) electrons. The molecule has 92 valence electrons. The summed E-state index contributed by atoms with van der Waals surface area (Å²) in [7, 11) is -3.07. The minimum atomic E-state index is -3.07. The number of hydrogen-bond acceptors (Lipinski definition) is 3. The second-order valence-corrected chi connectivity index (χ2v) is 6.18. The lowest BCUT2D eigenvalue weighted by Gasteiger charge is -2.26. The first-order valence-electron chi connectivity index (χ1n) is 5.21. The second kappa shape index (κ2) is 5.48. The first-order chi connectivity index (χ1) is 6.43. The molecule has 0 aromatic heterocycles. The maximum atomic E-state index is 11.5. The first kappa shape index (κ1) is 15.2. The van der Waals surface area contributed by atoms with Crippen LogP contribution >= 0.6 is 12.4 Å². The maximum absolute atomic E-state index is 11.5. The lowest BCUT2D eigenvalue weighted by Crippen LogP contribution is -2.49. The average molecular weight is 257 g/mol. The maximum Gasteiger partial charge on any atom is 0.214 e. The molecule has 1 fully saturated rings. The van der Waals surface area contributed by atoms with Gasteiger partial charge in [0.1, 0.15) is 0 Å². The predicted octanol–water partition coefficient (Wildman–Crippen LogP) is 1.01. The Morgan fingerprint density at radius 2 is 1.80 bits per heavy atom. The summed E-state index contributed by atoms with van der Waals surface area (Å²) >= 11 is 0. The van der Waals surface area contributed by atoms with E-state index >= 15 is 0 Å². The molecule has 1 aliphatic carbocycles. The minimum absolute atomic E-state index is 0. The summed E-state index contributed by atoms with van der Waals surface area (Å²) in [5.74, 6) is 0. The predicted molar refractivity (Wildman–Crippen MR) is 64.7 cm³/mol. The van der Waals surface area contributed by atoms with Gasteiger partial charge in [-0.25, -0.2) is 13.1 Å². The van der Waals surface area contributed by atoms with Crippen LogP contribution in [0.2, 0.25) is 0 Å². The van der Waals surface area contributed by atoms with Crippen molar-refractivity contribution in [3.63, 3.8) is 0 Å². The molecular formula is C9H21ClN2O2S. The van der Waals surface area contributed by atoms with Crippen LogP contribution in [0.15, 0.2) is 0 Å².